The van der Waals surface area contributed by atoms with Crippen LogP contribution in [0.15, 0.2) is 54.9 Å². The van der Waals surface area contributed by atoms with Gasteiger partial charge in [-0.25, -0.2) is 4.98 Å². The van der Waals surface area contributed by atoms with Crippen molar-refractivity contribution in [3.8, 4) is 0 Å². The van der Waals surface area contributed by atoms with Gasteiger partial charge >= 0.3 is 0 Å². The van der Waals surface area contributed by atoms with Crippen molar-refractivity contribution in [1.29, 1.82) is 0 Å². The minimum atomic E-state index is 0.0153. The number of benzene rings is 2. The number of hydrogen-bond acceptors (Lipinski definition) is 4. The normalized spacial score (nSPS) is 11.1. The molecular formula is C24H22ClN3OS. The molecule has 0 spiro atoms. The van der Waals surface area contributed by atoms with Gasteiger partial charge in [0.15, 0.2) is 5.13 Å². The summed E-state index contributed by atoms with van der Waals surface area (Å²) in [5.41, 5.74) is 6.14. The molecule has 0 saturated heterocycles. The van der Waals surface area contributed by atoms with E-state index in [1.54, 1.807) is 17.3 Å². The molecule has 0 unspecified atom stereocenters. The number of rotatable bonds is 5. The number of nitrogens with zero attached hydrogens (tertiary/aromatic N) is 3. The second-order valence-corrected chi connectivity index (χ2v) is 8.87. The highest BCUT2D eigenvalue weighted by molar-refractivity contribution is 7.22. The molecule has 0 fully saturated rings. The predicted molar refractivity (Wildman–Crippen MR) is 124 cm³/mol. The highest BCUT2D eigenvalue weighted by atomic mass is 35.5. The molecule has 0 saturated carbocycles. The fourth-order valence-corrected chi connectivity index (χ4v) is 4.63. The number of amides is 1. The first-order chi connectivity index (χ1) is 14.4. The van der Waals surface area contributed by atoms with Gasteiger partial charge in [0, 0.05) is 17.4 Å². The van der Waals surface area contributed by atoms with Gasteiger partial charge in [-0.15, -0.1) is 0 Å². The second kappa shape index (κ2) is 8.54. The first kappa shape index (κ1) is 20.5. The number of carbonyl (C=O) groups is 1. The molecule has 2 aromatic carbocycles. The lowest BCUT2D eigenvalue weighted by atomic mass is 10.0. The molecular weight excluding hydrogens is 414 g/mol. The van der Waals surface area contributed by atoms with Crippen molar-refractivity contribution < 1.29 is 4.79 Å². The molecule has 0 bridgehead atoms. The van der Waals surface area contributed by atoms with Crippen molar-refractivity contribution >= 4 is 44.2 Å². The molecule has 0 atom stereocenters. The van der Waals surface area contributed by atoms with Crippen molar-refractivity contribution in [2.45, 2.75) is 33.7 Å². The maximum absolute atomic E-state index is 13.4. The molecule has 2 aromatic heterocycles. The van der Waals surface area contributed by atoms with E-state index in [2.05, 4.69) is 18.0 Å². The smallest absolute Gasteiger partial charge is 0.233 e. The second-order valence-electron chi connectivity index (χ2n) is 7.46. The number of hydrogen-bond donors (Lipinski definition) is 0. The Morgan fingerprint density at radius 2 is 1.83 bits per heavy atom. The van der Waals surface area contributed by atoms with Crippen LogP contribution in [-0.2, 0) is 17.8 Å². The summed E-state index contributed by atoms with van der Waals surface area (Å²) in [6.45, 7) is 6.51. The van der Waals surface area contributed by atoms with Crippen molar-refractivity contribution in [2.24, 2.45) is 0 Å². The third-order valence-corrected chi connectivity index (χ3v) is 6.65. The standard InChI is InChI=1S/C24H22ClN3OS/c1-15-4-5-19(16(2)12-15)13-22(29)28(14-18-8-10-26-11-9-18)24-27-23-17(3)20(25)6-7-21(23)30-24/h4-12H,13-14H2,1-3H3. The molecule has 4 rings (SSSR count). The molecule has 0 aliphatic heterocycles. The average Bonchev–Trinajstić information content (AvgIpc) is 3.16. The zero-order chi connectivity index (χ0) is 21.3. The Kier molecular flexibility index (Phi) is 5.84. The Morgan fingerprint density at radius 3 is 2.57 bits per heavy atom. The van der Waals surface area contributed by atoms with Gasteiger partial charge in [0.25, 0.3) is 0 Å². The zero-order valence-electron chi connectivity index (χ0n) is 17.1. The molecule has 0 aliphatic carbocycles. The zero-order valence-corrected chi connectivity index (χ0v) is 18.7. The van der Waals surface area contributed by atoms with Crippen molar-refractivity contribution in [2.75, 3.05) is 4.90 Å². The highest BCUT2D eigenvalue weighted by Crippen LogP contribution is 2.34. The van der Waals surface area contributed by atoms with Crippen LogP contribution in [0.25, 0.3) is 10.2 Å². The summed E-state index contributed by atoms with van der Waals surface area (Å²) in [5.74, 6) is 0.0153. The van der Waals surface area contributed by atoms with E-state index in [4.69, 9.17) is 16.6 Å². The molecule has 2 heterocycles. The molecule has 0 N–H and O–H groups in total. The maximum Gasteiger partial charge on any atom is 0.233 e. The Hall–Kier alpha value is -2.76. The highest BCUT2D eigenvalue weighted by Gasteiger charge is 2.22. The van der Waals surface area contributed by atoms with Crippen molar-refractivity contribution in [3.63, 3.8) is 0 Å². The fraction of sp³-hybridized carbons (Fsp3) is 0.208. The van der Waals surface area contributed by atoms with Crippen LogP contribution in [0.2, 0.25) is 5.02 Å². The van der Waals surface area contributed by atoms with Gasteiger partial charge in [0.05, 0.1) is 23.2 Å². The number of thiazole rings is 1. The van der Waals surface area contributed by atoms with Crippen LogP contribution in [0.4, 0.5) is 5.13 Å². The third-order valence-electron chi connectivity index (χ3n) is 5.20. The Balaban J connectivity index is 1.72. The average molecular weight is 436 g/mol. The quantitative estimate of drug-likeness (QED) is 0.383. The van der Waals surface area contributed by atoms with Gasteiger partial charge in [-0.3, -0.25) is 14.7 Å². The van der Waals surface area contributed by atoms with Crippen LogP contribution >= 0.6 is 22.9 Å². The summed E-state index contributed by atoms with van der Waals surface area (Å²) < 4.78 is 1.02. The maximum atomic E-state index is 13.4. The van der Waals surface area contributed by atoms with Gasteiger partial charge in [-0.2, -0.15) is 0 Å². The summed E-state index contributed by atoms with van der Waals surface area (Å²) in [5, 5.41) is 1.36. The van der Waals surface area contributed by atoms with Crippen LogP contribution in [0.3, 0.4) is 0 Å². The Bertz CT molecular complexity index is 1220. The topological polar surface area (TPSA) is 46.1 Å². The number of carbonyl (C=O) groups excluding carboxylic acids is 1. The van der Waals surface area contributed by atoms with E-state index < -0.39 is 0 Å². The molecule has 30 heavy (non-hydrogen) atoms. The largest absolute Gasteiger partial charge is 0.283 e. The third kappa shape index (κ3) is 4.23. The van der Waals surface area contributed by atoms with E-state index in [1.807, 2.05) is 50.2 Å². The van der Waals surface area contributed by atoms with Gasteiger partial charge in [-0.05, 0) is 67.3 Å². The van der Waals surface area contributed by atoms with E-state index in [1.165, 1.54) is 16.9 Å². The SMILES string of the molecule is Cc1ccc(CC(=O)N(Cc2ccncc2)c2nc3c(C)c(Cl)ccc3s2)c(C)c1. The molecule has 0 aliphatic rings. The van der Waals surface area contributed by atoms with E-state index >= 15 is 0 Å². The summed E-state index contributed by atoms with van der Waals surface area (Å²) in [7, 11) is 0. The number of anilines is 1. The minimum Gasteiger partial charge on any atom is -0.283 e. The van der Waals surface area contributed by atoms with Crippen LogP contribution in [0, 0.1) is 20.8 Å². The number of pyridine rings is 1. The number of aryl methyl sites for hydroxylation is 3. The summed E-state index contributed by atoms with van der Waals surface area (Å²) in [6.07, 6.45) is 3.81. The van der Waals surface area contributed by atoms with Crippen LogP contribution in [0.1, 0.15) is 27.8 Å². The Labute approximate surface area is 185 Å². The summed E-state index contributed by atoms with van der Waals surface area (Å²) in [6, 6.07) is 13.9. The molecule has 4 nitrogen and oxygen atoms in total. The van der Waals surface area contributed by atoms with Crippen molar-refractivity contribution in [1.82, 2.24) is 9.97 Å². The lowest BCUT2D eigenvalue weighted by molar-refractivity contribution is -0.118. The number of halogens is 1. The molecule has 6 heteroatoms. The van der Waals surface area contributed by atoms with Gasteiger partial charge in [0.1, 0.15) is 0 Å². The monoisotopic (exact) mass is 435 g/mol. The van der Waals surface area contributed by atoms with Gasteiger partial charge in [-0.1, -0.05) is 46.7 Å². The Morgan fingerprint density at radius 1 is 1.07 bits per heavy atom. The van der Waals surface area contributed by atoms with Crippen molar-refractivity contribution in [3.05, 3.63) is 87.7 Å². The predicted octanol–water partition coefficient (Wildman–Crippen LogP) is 6.05. The van der Waals surface area contributed by atoms with E-state index in [-0.39, 0.29) is 5.91 Å². The van der Waals surface area contributed by atoms with E-state index in [0.29, 0.717) is 23.1 Å². The fourth-order valence-electron chi connectivity index (χ4n) is 3.44. The first-order valence-corrected chi connectivity index (χ1v) is 10.9. The first-order valence-electron chi connectivity index (χ1n) is 9.73. The molecule has 4 aromatic rings. The molecule has 0 radical (unpaired) electrons. The summed E-state index contributed by atoms with van der Waals surface area (Å²) in [4.78, 5) is 24.1. The van der Waals surface area contributed by atoms with Crippen LogP contribution in [-0.4, -0.2) is 15.9 Å². The van der Waals surface area contributed by atoms with E-state index in [9.17, 15) is 4.79 Å². The summed E-state index contributed by atoms with van der Waals surface area (Å²) >= 11 is 7.80. The molecule has 152 valence electrons. The lowest BCUT2D eigenvalue weighted by Gasteiger charge is -2.20. The van der Waals surface area contributed by atoms with Crippen LogP contribution < -0.4 is 4.90 Å². The van der Waals surface area contributed by atoms with Crippen LogP contribution in [0.5, 0.6) is 0 Å². The minimum absolute atomic E-state index is 0.0153. The van der Waals surface area contributed by atoms with Gasteiger partial charge < -0.3 is 0 Å². The lowest BCUT2D eigenvalue weighted by Crippen LogP contribution is -2.32. The van der Waals surface area contributed by atoms with Gasteiger partial charge in [0.2, 0.25) is 5.91 Å². The van der Waals surface area contributed by atoms with E-state index in [0.717, 1.165) is 32.5 Å². The molecule has 1 amide bonds. The number of fused-ring (bicyclic) bond motifs is 1. The number of aromatic nitrogens is 2.